The number of rotatable bonds is 4. The molecule has 3 rings (SSSR count). The minimum atomic E-state index is -0.285. The van der Waals surface area contributed by atoms with Crippen LogP contribution in [0.5, 0.6) is 0 Å². The molecule has 8 nitrogen and oxygen atoms in total. The number of methoxy groups -OCH3 is 1. The Morgan fingerprint density at radius 3 is 2.77 bits per heavy atom. The third-order valence-electron chi connectivity index (χ3n) is 4.85. The molecule has 1 fully saturated rings. The zero-order chi connectivity index (χ0) is 18.7. The number of aromatic nitrogens is 4. The molecular weight excluding hydrogens is 334 g/mol. The summed E-state index contributed by atoms with van der Waals surface area (Å²) in [5.41, 5.74) is 1.78. The first-order valence-corrected chi connectivity index (χ1v) is 9.05. The van der Waals surface area contributed by atoms with Gasteiger partial charge in [0.2, 0.25) is 5.91 Å². The van der Waals surface area contributed by atoms with Gasteiger partial charge in [-0.2, -0.15) is 4.98 Å². The molecule has 0 bridgehead atoms. The lowest BCUT2D eigenvalue weighted by atomic mass is 9.94. The quantitative estimate of drug-likeness (QED) is 0.656. The highest BCUT2D eigenvalue weighted by atomic mass is 16.5. The molecule has 2 atom stereocenters. The predicted octanol–water partition coefficient (Wildman–Crippen LogP) is 1.52. The number of hydrogen-bond donors (Lipinski definition) is 1. The third kappa shape index (κ3) is 4.00. The van der Waals surface area contributed by atoms with Crippen molar-refractivity contribution in [2.75, 3.05) is 7.11 Å². The smallest absolute Gasteiger partial charge is 0.310 e. The van der Waals surface area contributed by atoms with Gasteiger partial charge in [-0.25, -0.2) is 9.50 Å². The van der Waals surface area contributed by atoms with Crippen molar-refractivity contribution in [3.05, 3.63) is 23.3 Å². The highest BCUT2D eigenvalue weighted by molar-refractivity contribution is 5.80. The van der Waals surface area contributed by atoms with E-state index < -0.39 is 0 Å². The summed E-state index contributed by atoms with van der Waals surface area (Å²) in [4.78, 5) is 33.2. The summed E-state index contributed by atoms with van der Waals surface area (Å²) in [7, 11) is 1.39. The molecule has 140 valence electrons. The molecule has 0 aromatic carbocycles. The van der Waals surface area contributed by atoms with Crippen LogP contribution >= 0.6 is 0 Å². The Morgan fingerprint density at radius 2 is 2.00 bits per heavy atom. The van der Waals surface area contributed by atoms with Crippen molar-refractivity contribution in [2.45, 2.75) is 58.4 Å². The Hall–Kier alpha value is -2.51. The van der Waals surface area contributed by atoms with E-state index in [0.717, 1.165) is 43.5 Å². The minimum Gasteiger partial charge on any atom is -0.469 e. The molecule has 2 aromatic rings. The molecule has 2 aromatic heterocycles. The highest BCUT2D eigenvalue weighted by Crippen LogP contribution is 2.24. The fraction of sp³-hybridized carbons (Fsp3) is 0.611. The molecular formula is C18H25N5O3. The van der Waals surface area contributed by atoms with Crippen LogP contribution < -0.4 is 5.32 Å². The van der Waals surface area contributed by atoms with Crippen LogP contribution in [0.4, 0.5) is 0 Å². The second-order valence-corrected chi connectivity index (χ2v) is 6.90. The second kappa shape index (κ2) is 7.80. The summed E-state index contributed by atoms with van der Waals surface area (Å²) < 4.78 is 6.55. The Kier molecular flexibility index (Phi) is 5.49. The standard InChI is InChI=1S/C18H25N5O3/c1-11-9-12(2)23-18(19-11)21-15(22-23)10-16(24)20-14-8-6-4-5-7-13(14)17(25)26-3/h9,13-14H,4-8,10H2,1-3H3,(H,20,24)/t13-,14+/m0/s1. The summed E-state index contributed by atoms with van der Waals surface area (Å²) in [5, 5.41) is 7.36. The normalized spacial score (nSPS) is 20.6. The Morgan fingerprint density at radius 1 is 1.23 bits per heavy atom. The number of amides is 1. The number of fused-ring (bicyclic) bond motifs is 1. The molecule has 1 aliphatic carbocycles. The van der Waals surface area contributed by atoms with Gasteiger partial charge in [-0.05, 0) is 32.8 Å². The van der Waals surface area contributed by atoms with Gasteiger partial charge < -0.3 is 10.1 Å². The lowest BCUT2D eigenvalue weighted by Crippen LogP contribution is -2.43. The zero-order valence-electron chi connectivity index (χ0n) is 15.5. The van der Waals surface area contributed by atoms with Gasteiger partial charge in [0.25, 0.3) is 5.78 Å². The molecule has 0 unspecified atom stereocenters. The van der Waals surface area contributed by atoms with Crippen molar-refractivity contribution in [3.8, 4) is 0 Å². The van der Waals surface area contributed by atoms with E-state index in [1.807, 2.05) is 19.9 Å². The van der Waals surface area contributed by atoms with Gasteiger partial charge in [-0.1, -0.05) is 19.3 Å². The first-order chi connectivity index (χ1) is 12.5. The van der Waals surface area contributed by atoms with E-state index in [2.05, 4.69) is 20.4 Å². The van der Waals surface area contributed by atoms with Crippen LogP contribution in [0.2, 0.25) is 0 Å². The van der Waals surface area contributed by atoms with E-state index in [-0.39, 0.29) is 30.3 Å². The van der Waals surface area contributed by atoms with Crippen molar-refractivity contribution in [1.82, 2.24) is 24.9 Å². The molecule has 0 saturated heterocycles. The average molecular weight is 359 g/mol. The number of esters is 1. The predicted molar refractivity (Wildman–Crippen MR) is 94.5 cm³/mol. The van der Waals surface area contributed by atoms with E-state index in [1.165, 1.54) is 7.11 Å². The first kappa shape index (κ1) is 18.3. The Labute approximate surface area is 152 Å². The molecule has 1 amide bonds. The van der Waals surface area contributed by atoms with E-state index >= 15 is 0 Å². The highest BCUT2D eigenvalue weighted by Gasteiger charge is 2.31. The fourth-order valence-corrected chi connectivity index (χ4v) is 3.60. The fourth-order valence-electron chi connectivity index (χ4n) is 3.60. The molecule has 2 heterocycles. The van der Waals surface area contributed by atoms with E-state index in [1.54, 1.807) is 4.52 Å². The number of carbonyl (C=O) groups excluding carboxylic acids is 2. The number of nitrogens with zero attached hydrogens (tertiary/aromatic N) is 4. The van der Waals surface area contributed by atoms with Gasteiger partial charge in [0.1, 0.15) is 0 Å². The Balaban J connectivity index is 1.71. The lowest BCUT2D eigenvalue weighted by Gasteiger charge is -2.23. The number of ether oxygens (including phenoxy) is 1. The molecule has 0 aliphatic heterocycles. The molecule has 0 spiro atoms. The maximum absolute atomic E-state index is 12.5. The van der Waals surface area contributed by atoms with Crippen LogP contribution in [0.25, 0.3) is 5.78 Å². The zero-order valence-corrected chi connectivity index (χ0v) is 15.5. The summed E-state index contributed by atoms with van der Waals surface area (Å²) in [5.74, 6) is 0.195. The molecule has 1 N–H and O–H groups in total. The van der Waals surface area contributed by atoms with Gasteiger partial charge in [0, 0.05) is 17.4 Å². The monoisotopic (exact) mass is 359 g/mol. The van der Waals surface area contributed by atoms with Crippen molar-refractivity contribution < 1.29 is 14.3 Å². The maximum Gasteiger partial charge on any atom is 0.310 e. The summed E-state index contributed by atoms with van der Waals surface area (Å²) >= 11 is 0. The SMILES string of the molecule is COC(=O)[C@H]1CCCCC[C@H]1NC(=O)Cc1nc2nc(C)cc(C)n2n1. The minimum absolute atomic E-state index is 0.0617. The van der Waals surface area contributed by atoms with Gasteiger partial charge in [0.05, 0.1) is 19.4 Å². The van der Waals surface area contributed by atoms with Crippen LogP contribution in [0.15, 0.2) is 6.07 Å². The van der Waals surface area contributed by atoms with Crippen LogP contribution in [0.3, 0.4) is 0 Å². The van der Waals surface area contributed by atoms with E-state index in [9.17, 15) is 9.59 Å². The lowest BCUT2D eigenvalue weighted by molar-refractivity contribution is -0.147. The molecule has 26 heavy (non-hydrogen) atoms. The van der Waals surface area contributed by atoms with E-state index in [0.29, 0.717) is 11.6 Å². The van der Waals surface area contributed by atoms with Crippen LogP contribution in [-0.2, 0) is 20.7 Å². The van der Waals surface area contributed by atoms with Gasteiger partial charge in [-0.15, -0.1) is 5.10 Å². The number of nitrogens with one attached hydrogen (secondary N) is 1. The van der Waals surface area contributed by atoms with Crippen molar-refractivity contribution in [2.24, 2.45) is 5.92 Å². The molecule has 1 saturated carbocycles. The van der Waals surface area contributed by atoms with E-state index in [4.69, 9.17) is 4.74 Å². The average Bonchev–Trinajstić information content (AvgIpc) is 2.84. The summed E-state index contributed by atoms with van der Waals surface area (Å²) in [6, 6.07) is 1.72. The van der Waals surface area contributed by atoms with Crippen molar-refractivity contribution in [1.29, 1.82) is 0 Å². The topological polar surface area (TPSA) is 98.5 Å². The van der Waals surface area contributed by atoms with Crippen molar-refractivity contribution in [3.63, 3.8) is 0 Å². The third-order valence-corrected chi connectivity index (χ3v) is 4.85. The first-order valence-electron chi connectivity index (χ1n) is 9.05. The van der Waals surface area contributed by atoms with Gasteiger partial charge >= 0.3 is 5.97 Å². The summed E-state index contributed by atoms with van der Waals surface area (Å²) in [6.45, 7) is 3.82. The number of carbonyl (C=O) groups is 2. The molecule has 1 aliphatic rings. The van der Waals surface area contributed by atoms with Crippen LogP contribution in [0, 0.1) is 19.8 Å². The molecule has 0 radical (unpaired) electrons. The van der Waals surface area contributed by atoms with Crippen molar-refractivity contribution >= 4 is 17.7 Å². The van der Waals surface area contributed by atoms with Gasteiger partial charge in [-0.3, -0.25) is 9.59 Å². The second-order valence-electron chi connectivity index (χ2n) is 6.90. The van der Waals surface area contributed by atoms with Crippen LogP contribution in [0.1, 0.15) is 49.3 Å². The molecule has 8 heteroatoms. The largest absolute Gasteiger partial charge is 0.469 e. The number of aryl methyl sites for hydroxylation is 2. The van der Waals surface area contributed by atoms with Gasteiger partial charge in [0.15, 0.2) is 5.82 Å². The Bertz CT molecular complexity index is 817. The number of hydrogen-bond acceptors (Lipinski definition) is 6. The van der Waals surface area contributed by atoms with Crippen LogP contribution in [-0.4, -0.2) is 44.6 Å². The maximum atomic E-state index is 12.5. The summed E-state index contributed by atoms with van der Waals surface area (Å²) in [6.07, 6.45) is 4.62.